The molecule has 0 saturated heterocycles. The fourth-order valence-corrected chi connectivity index (χ4v) is 1.56. The van der Waals surface area contributed by atoms with E-state index in [1.165, 1.54) is 6.07 Å². The van der Waals surface area contributed by atoms with Crippen LogP contribution in [-0.2, 0) is 17.6 Å². The van der Waals surface area contributed by atoms with E-state index in [9.17, 15) is 13.2 Å². The molecule has 2 rings (SSSR count). The molecule has 0 atom stereocenters. The number of hydrogen-bond acceptors (Lipinski definition) is 2. The second-order valence-electron chi connectivity index (χ2n) is 3.38. The van der Waals surface area contributed by atoms with Crippen LogP contribution < -0.4 is 5.90 Å². The Hall–Kier alpha value is -1.53. The number of fused-ring (bicyclic) bond motifs is 1. The summed E-state index contributed by atoms with van der Waals surface area (Å²) in [6, 6.07) is 3.50. The summed E-state index contributed by atoms with van der Waals surface area (Å²) in [5, 5.41) is 0.472. The first-order valence-corrected chi connectivity index (χ1v) is 4.51. The Morgan fingerprint density at radius 1 is 1.31 bits per heavy atom. The van der Waals surface area contributed by atoms with E-state index in [0.717, 1.165) is 12.1 Å². The Labute approximate surface area is 89.0 Å². The van der Waals surface area contributed by atoms with Crippen molar-refractivity contribution in [2.75, 3.05) is 0 Å². The standard InChI is InChI=1S/C10H9F3N2O/c11-10(12,13)7-1-2-9-8(3-7)6(4-15-9)5-16-14/h1-4,15H,5,14H2. The Kier molecular flexibility index (Phi) is 2.61. The molecule has 1 aromatic heterocycles. The number of rotatable bonds is 2. The smallest absolute Gasteiger partial charge is 0.361 e. The molecule has 0 fully saturated rings. The van der Waals surface area contributed by atoms with Crippen molar-refractivity contribution in [3.63, 3.8) is 0 Å². The average Bonchev–Trinajstić information content (AvgIpc) is 2.60. The molecule has 0 aliphatic heterocycles. The van der Waals surface area contributed by atoms with Gasteiger partial charge in [0, 0.05) is 22.7 Å². The van der Waals surface area contributed by atoms with Gasteiger partial charge < -0.3 is 4.98 Å². The van der Waals surface area contributed by atoms with Crippen molar-refractivity contribution in [3.05, 3.63) is 35.5 Å². The highest BCUT2D eigenvalue weighted by Crippen LogP contribution is 2.32. The number of benzene rings is 1. The van der Waals surface area contributed by atoms with E-state index >= 15 is 0 Å². The largest absolute Gasteiger partial charge is 0.416 e. The molecule has 3 nitrogen and oxygen atoms in total. The average molecular weight is 230 g/mol. The normalized spacial score (nSPS) is 12.2. The molecule has 0 spiro atoms. The number of H-pyrrole nitrogens is 1. The van der Waals surface area contributed by atoms with Crippen LogP contribution in [0.5, 0.6) is 0 Å². The van der Waals surface area contributed by atoms with Gasteiger partial charge in [0.2, 0.25) is 0 Å². The first kappa shape index (κ1) is 11.0. The van der Waals surface area contributed by atoms with Crippen LogP contribution in [0.3, 0.4) is 0 Å². The molecule has 6 heteroatoms. The van der Waals surface area contributed by atoms with Gasteiger partial charge in [0.15, 0.2) is 0 Å². The monoisotopic (exact) mass is 230 g/mol. The van der Waals surface area contributed by atoms with E-state index in [1.807, 2.05) is 0 Å². The Morgan fingerprint density at radius 2 is 2.06 bits per heavy atom. The van der Waals surface area contributed by atoms with Crippen molar-refractivity contribution < 1.29 is 18.0 Å². The van der Waals surface area contributed by atoms with Gasteiger partial charge in [-0.15, -0.1) is 0 Å². The quantitative estimate of drug-likeness (QED) is 0.779. The van der Waals surface area contributed by atoms with E-state index in [4.69, 9.17) is 5.90 Å². The van der Waals surface area contributed by atoms with Gasteiger partial charge in [0.1, 0.15) is 0 Å². The summed E-state index contributed by atoms with van der Waals surface area (Å²) < 4.78 is 37.4. The van der Waals surface area contributed by atoms with Gasteiger partial charge >= 0.3 is 6.18 Å². The predicted molar refractivity (Wildman–Crippen MR) is 52.3 cm³/mol. The van der Waals surface area contributed by atoms with Crippen molar-refractivity contribution in [3.8, 4) is 0 Å². The molecule has 0 aliphatic carbocycles. The van der Waals surface area contributed by atoms with Crippen LogP contribution in [0.25, 0.3) is 10.9 Å². The topological polar surface area (TPSA) is 51.0 Å². The van der Waals surface area contributed by atoms with Gasteiger partial charge in [-0.05, 0) is 18.2 Å². The fourth-order valence-electron chi connectivity index (χ4n) is 1.56. The summed E-state index contributed by atoms with van der Waals surface area (Å²) in [7, 11) is 0. The van der Waals surface area contributed by atoms with Crippen molar-refractivity contribution in [2.24, 2.45) is 5.90 Å². The number of halogens is 3. The van der Waals surface area contributed by atoms with Crippen molar-refractivity contribution in [1.82, 2.24) is 4.98 Å². The lowest BCUT2D eigenvalue weighted by molar-refractivity contribution is -0.137. The summed E-state index contributed by atoms with van der Waals surface area (Å²) in [4.78, 5) is 7.27. The van der Waals surface area contributed by atoms with Crippen LogP contribution in [0.1, 0.15) is 11.1 Å². The number of alkyl halides is 3. The Bertz CT molecular complexity index is 504. The molecule has 2 aromatic rings. The van der Waals surface area contributed by atoms with E-state index < -0.39 is 11.7 Å². The van der Waals surface area contributed by atoms with Crippen molar-refractivity contribution in [1.29, 1.82) is 0 Å². The zero-order valence-electron chi connectivity index (χ0n) is 8.14. The second-order valence-corrected chi connectivity index (χ2v) is 3.38. The molecule has 3 N–H and O–H groups in total. The number of aromatic amines is 1. The summed E-state index contributed by atoms with van der Waals surface area (Å²) in [5.74, 6) is 4.90. The minimum absolute atomic E-state index is 0.0707. The fraction of sp³-hybridized carbons (Fsp3) is 0.200. The first-order chi connectivity index (χ1) is 7.52. The van der Waals surface area contributed by atoms with E-state index in [2.05, 4.69) is 9.82 Å². The highest BCUT2D eigenvalue weighted by Gasteiger charge is 2.30. The maximum atomic E-state index is 12.5. The van der Waals surface area contributed by atoms with Gasteiger partial charge in [0.25, 0.3) is 0 Å². The number of nitrogens with two attached hydrogens (primary N) is 1. The molecule has 16 heavy (non-hydrogen) atoms. The molecule has 0 radical (unpaired) electrons. The first-order valence-electron chi connectivity index (χ1n) is 4.51. The van der Waals surface area contributed by atoms with Gasteiger partial charge in [0.05, 0.1) is 12.2 Å². The van der Waals surface area contributed by atoms with E-state index in [1.54, 1.807) is 6.20 Å². The summed E-state index contributed by atoms with van der Waals surface area (Å²) >= 11 is 0. The van der Waals surface area contributed by atoms with Crippen LogP contribution in [0.15, 0.2) is 24.4 Å². The van der Waals surface area contributed by atoms with E-state index in [-0.39, 0.29) is 6.61 Å². The third kappa shape index (κ3) is 1.89. The minimum Gasteiger partial charge on any atom is -0.361 e. The molecule has 1 aromatic carbocycles. The second kappa shape index (κ2) is 3.80. The van der Waals surface area contributed by atoms with Crippen LogP contribution in [0.2, 0.25) is 0 Å². The molecule has 0 unspecified atom stereocenters. The predicted octanol–water partition coefficient (Wildman–Crippen LogP) is 2.58. The van der Waals surface area contributed by atoms with Crippen LogP contribution in [-0.4, -0.2) is 4.98 Å². The third-order valence-corrected chi connectivity index (χ3v) is 2.33. The third-order valence-electron chi connectivity index (χ3n) is 2.33. The van der Waals surface area contributed by atoms with Gasteiger partial charge in [-0.25, -0.2) is 5.90 Å². The minimum atomic E-state index is -4.34. The van der Waals surface area contributed by atoms with Crippen LogP contribution in [0, 0.1) is 0 Å². The Balaban J connectivity index is 2.54. The molecule has 86 valence electrons. The molecule has 0 aliphatic rings. The molecular formula is C10H9F3N2O. The lowest BCUT2D eigenvalue weighted by Gasteiger charge is -2.06. The van der Waals surface area contributed by atoms with Crippen molar-refractivity contribution >= 4 is 10.9 Å². The van der Waals surface area contributed by atoms with E-state index in [0.29, 0.717) is 16.5 Å². The lowest BCUT2D eigenvalue weighted by atomic mass is 10.1. The Morgan fingerprint density at radius 3 is 2.69 bits per heavy atom. The molecule has 0 bridgehead atoms. The molecule has 1 heterocycles. The lowest BCUT2D eigenvalue weighted by Crippen LogP contribution is -2.04. The van der Waals surface area contributed by atoms with Gasteiger partial charge in [-0.2, -0.15) is 13.2 Å². The summed E-state index contributed by atoms with van der Waals surface area (Å²) in [6.45, 7) is 0.0707. The molecular weight excluding hydrogens is 221 g/mol. The maximum absolute atomic E-state index is 12.5. The zero-order chi connectivity index (χ0) is 11.8. The summed E-state index contributed by atoms with van der Waals surface area (Å²) in [6.07, 6.45) is -2.76. The maximum Gasteiger partial charge on any atom is 0.416 e. The number of hydrogen-bond donors (Lipinski definition) is 2. The van der Waals surface area contributed by atoms with Gasteiger partial charge in [-0.3, -0.25) is 4.84 Å². The molecule has 0 saturated carbocycles. The number of nitrogens with one attached hydrogen (secondary N) is 1. The SMILES string of the molecule is NOCc1c[nH]c2ccc(C(F)(F)F)cc12. The van der Waals surface area contributed by atoms with Crippen molar-refractivity contribution in [2.45, 2.75) is 12.8 Å². The zero-order valence-corrected chi connectivity index (χ0v) is 8.14. The summed E-state index contributed by atoms with van der Waals surface area (Å²) in [5.41, 5.74) is 0.543. The number of aromatic nitrogens is 1. The van der Waals surface area contributed by atoms with Gasteiger partial charge in [-0.1, -0.05) is 0 Å². The van der Waals surface area contributed by atoms with Crippen LogP contribution in [0.4, 0.5) is 13.2 Å². The molecule has 0 amide bonds. The highest BCUT2D eigenvalue weighted by atomic mass is 19.4. The van der Waals surface area contributed by atoms with Crippen LogP contribution >= 0.6 is 0 Å². The highest BCUT2D eigenvalue weighted by molar-refractivity contribution is 5.83.